The third kappa shape index (κ3) is 3.92. The molecule has 18 heavy (non-hydrogen) atoms. The minimum absolute atomic E-state index is 0.0944. The highest BCUT2D eigenvalue weighted by atomic mass is 16.5. The molecule has 3 atom stereocenters. The fraction of sp³-hybridized carbons (Fsp3) is 0.923. The molecule has 0 aliphatic carbocycles. The lowest BCUT2D eigenvalue weighted by Gasteiger charge is -2.30. The van der Waals surface area contributed by atoms with Crippen LogP contribution in [0.5, 0.6) is 0 Å². The molecule has 0 aromatic carbocycles. The van der Waals surface area contributed by atoms with Gasteiger partial charge in [0.1, 0.15) is 5.54 Å². The van der Waals surface area contributed by atoms with Crippen molar-refractivity contribution in [2.24, 2.45) is 0 Å². The fourth-order valence-electron chi connectivity index (χ4n) is 2.60. The lowest BCUT2D eigenvalue weighted by molar-refractivity contribution is -0.00461. The second-order valence-corrected chi connectivity index (χ2v) is 5.49. The van der Waals surface area contributed by atoms with Crippen LogP contribution >= 0.6 is 0 Å². The third-order valence-electron chi connectivity index (χ3n) is 3.29. The van der Waals surface area contributed by atoms with E-state index in [-0.39, 0.29) is 18.2 Å². The van der Waals surface area contributed by atoms with Gasteiger partial charge in [-0.1, -0.05) is 0 Å². The monoisotopic (exact) mass is 255 g/mol. The van der Waals surface area contributed by atoms with Crippen molar-refractivity contribution >= 4 is 0 Å². The molecular formula is C13H25N3O2. The quantitative estimate of drug-likeness (QED) is 0.753. The molecule has 0 aromatic heterocycles. The average molecular weight is 255 g/mol. The van der Waals surface area contributed by atoms with Crippen LogP contribution in [0, 0.1) is 11.3 Å². The molecule has 0 bridgehead atoms. The van der Waals surface area contributed by atoms with Gasteiger partial charge in [-0.05, 0) is 20.8 Å². The SMILES string of the molecule is COC1CN(CC(C)(C#N)NC(C)C)CC1OC. The Morgan fingerprint density at radius 3 is 2.17 bits per heavy atom. The molecule has 1 aliphatic rings. The van der Waals surface area contributed by atoms with Gasteiger partial charge in [0.15, 0.2) is 0 Å². The molecular weight excluding hydrogens is 230 g/mol. The van der Waals surface area contributed by atoms with Crippen molar-refractivity contribution in [2.45, 2.75) is 44.6 Å². The number of methoxy groups -OCH3 is 2. The summed E-state index contributed by atoms with van der Waals surface area (Å²) in [6.45, 7) is 8.35. The van der Waals surface area contributed by atoms with E-state index < -0.39 is 5.54 Å². The van der Waals surface area contributed by atoms with Gasteiger partial charge in [-0.3, -0.25) is 10.2 Å². The average Bonchev–Trinajstić information content (AvgIpc) is 2.69. The minimum atomic E-state index is -0.533. The van der Waals surface area contributed by atoms with Crippen molar-refractivity contribution in [3.63, 3.8) is 0 Å². The van der Waals surface area contributed by atoms with E-state index in [0.717, 1.165) is 13.1 Å². The lowest BCUT2D eigenvalue weighted by atomic mass is 10.0. The highest BCUT2D eigenvalue weighted by molar-refractivity contribution is 5.07. The molecule has 1 heterocycles. The minimum Gasteiger partial charge on any atom is -0.377 e. The topological polar surface area (TPSA) is 57.5 Å². The molecule has 0 amide bonds. The Morgan fingerprint density at radius 2 is 1.83 bits per heavy atom. The summed E-state index contributed by atoms with van der Waals surface area (Å²) in [6, 6.07) is 2.65. The number of nitriles is 1. The number of rotatable bonds is 6. The first kappa shape index (κ1) is 15.4. The molecule has 5 heteroatoms. The standard InChI is InChI=1S/C13H25N3O2/c1-10(2)15-13(3,8-14)9-16-6-11(17-4)12(7-16)18-5/h10-12,15H,6-7,9H2,1-5H3. The van der Waals surface area contributed by atoms with Crippen LogP contribution in [0.1, 0.15) is 20.8 Å². The summed E-state index contributed by atoms with van der Waals surface area (Å²) in [6.07, 6.45) is 0.189. The third-order valence-corrected chi connectivity index (χ3v) is 3.29. The molecule has 0 radical (unpaired) electrons. The molecule has 1 N–H and O–H groups in total. The molecule has 5 nitrogen and oxygen atoms in total. The molecule has 1 rings (SSSR count). The van der Waals surface area contributed by atoms with E-state index in [1.54, 1.807) is 14.2 Å². The van der Waals surface area contributed by atoms with Crippen molar-refractivity contribution in [3.8, 4) is 6.07 Å². The van der Waals surface area contributed by atoms with Gasteiger partial charge in [-0.25, -0.2) is 0 Å². The van der Waals surface area contributed by atoms with Gasteiger partial charge in [0.05, 0.1) is 18.3 Å². The molecule has 0 saturated carbocycles. The van der Waals surface area contributed by atoms with Crippen LogP contribution in [-0.2, 0) is 9.47 Å². The summed E-state index contributed by atoms with van der Waals surface area (Å²) < 4.78 is 10.8. The van der Waals surface area contributed by atoms with Gasteiger partial charge in [-0.2, -0.15) is 5.26 Å². The fourth-order valence-corrected chi connectivity index (χ4v) is 2.60. The van der Waals surface area contributed by atoms with E-state index in [0.29, 0.717) is 6.54 Å². The predicted octanol–water partition coefficient (Wildman–Crippen LogP) is 0.612. The number of hydrogen-bond acceptors (Lipinski definition) is 5. The molecule has 1 aliphatic heterocycles. The van der Waals surface area contributed by atoms with Crippen molar-refractivity contribution in [1.29, 1.82) is 5.26 Å². The van der Waals surface area contributed by atoms with Gasteiger partial charge >= 0.3 is 0 Å². The van der Waals surface area contributed by atoms with Gasteiger partial charge < -0.3 is 9.47 Å². The summed E-state index contributed by atoms with van der Waals surface area (Å²) in [7, 11) is 3.41. The predicted molar refractivity (Wildman–Crippen MR) is 70.3 cm³/mol. The maximum atomic E-state index is 9.34. The molecule has 104 valence electrons. The number of likely N-dealkylation sites (tertiary alicyclic amines) is 1. The first-order valence-electron chi connectivity index (χ1n) is 6.41. The Hall–Kier alpha value is -0.670. The van der Waals surface area contributed by atoms with Crippen LogP contribution in [0.4, 0.5) is 0 Å². The van der Waals surface area contributed by atoms with Gasteiger partial charge in [0, 0.05) is 39.9 Å². The summed E-state index contributed by atoms with van der Waals surface area (Å²) >= 11 is 0. The Labute approximate surface area is 110 Å². The van der Waals surface area contributed by atoms with Crippen molar-refractivity contribution < 1.29 is 9.47 Å². The van der Waals surface area contributed by atoms with Gasteiger partial charge in [-0.15, -0.1) is 0 Å². The molecule has 1 saturated heterocycles. The molecule has 0 aromatic rings. The second-order valence-electron chi connectivity index (χ2n) is 5.49. The van der Waals surface area contributed by atoms with E-state index in [1.807, 2.05) is 6.92 Å². The van der Waals surface area contributed by atoms with E-state index in [9.17, 15) is 5.26 Å². The molecule has 0 spiro atoms. The van der Waals surface area contributed by atoms with E-state index in [2.05, 4.69) is 30.1 Å². The van der Waals surface area contributed by atoms with E-state index >= 15 is 0 Å². The Morgan fingerprint density at radius 1 is 1.33 bits per heavy atom. The zero-order chi connectivity index (χ0) is 13.8. The summed E-state index contributed by atoms with van der Waals surface area (Å²) in [5, 5.41) is 12.7. The zero-order valence-corrected chi connectivity index (χ0v) is 12.1. The van der Waals surface area contributed by atoms with E-state index in [4.69, 9.17) is 9.47 Å². The van der Waals surface area contributed by atoms with Crippen molar-refractivity contribution in [3.05, 3.63) is 0 Å². The highest BCUT2D eigenvalue weighted by Gasteiger charge is 2.37. The molecule has 1 fully saturated rings. The van der Waals surface area contributed by atoms with Crippen LogP contribution in [0.25, 0.3) is 0 Å². The largest absolute Gasteiger partial charge is 0.377 e. The van der Waals surface area contributed by atoms with Gasteiger partial charge in [0.2, 0.25) is 0 Å². The first-order chi connectivity index (χ1) is 8.44. The van der Waals surface area contributed by atoms with Crippen LogP contribution in [0.15, 0.2) is 0 Å². The highest BCUT2D eigenvalue weighted by Crippen LogP contribution is 2.18. The maximum absolute atomic E-state index is 9.34. The summed E-state index contributed by atoms with van der Waals surface area (Å²) in [5.74, 6) is 0. The Kier molecular flexibility index (Phi) is 5.54. The lowest BCUT2D eigenvalue weighted by Crippen LogP contribution is -2.52. The van der Waals surface area contributed by atoms with Crippen LogP contribution in [0.2, 0.25) is 0 Å². The van der Waals surface area contributed by atoms with Crippen LogP contribution in [0.3, 0.4) is 0 Å². The number of nitrogens with zero attached hydrogens (tertiary/aromatic N) is 2. The number of hydrogen-bond donors (Lipinski definition) is 1. The van der Waals surface area contributed by atoms with Crippen LogP contribution in [-0.4, -0.2) is 62.5 Å². The Bertz CT molecular complexity index is 291. The van der Waals surface area contributed by atoms with Crippen LogP contribution < -0.4 is 5.32 Å². The normalized spacial score (nSPS) is 28.3. The summed E-state index contributed by atoms with van der Waals surface area (Å²) in [5.41, 5.74) is -0.533. The number of nitrogens with one attached hydrogen (secondary N) is 1. The summed E-state index contributed by atoms with van der Waals surface area (Å²) in [4.78, 5) is 2.22. The second kappa shape index (κ2) is 6.48. The van der Waals surface area contributed by atoms with Crippen molar-refractivity contribution in [1.82, 2.24) is 10.2 Å². The zero-order valence-electron chi connectivity index (χ0n) is 12.1. The van der Waals surface area contributed by atoms with Gasteiger partial charge in [0.25, 0.3) is 0 Å². The maximum Gasteiger partial charge on any atom is 0.116 e. The molecule has 3 unspecified atom stereocenters. The Balaban J connectivity index is 2.60. The van der Waals surface area contributed by atoms with Crippen molar-refractivity contribution in [2.75, 3.05) is 33.9 Å². The van der Waals surface area contributed by atoms with E-state index in [1.165, 1.54) is 0 Å². The number of ether oxygens (including phenoxy) is 2. The first-order valence-corrected chi connectivity index (χ1v) is 6.41. The smallest absolute Gasteiger partial charge is 0.116 e.